The molecule has 0 saturated carbocycles. The largest absolute Gasteiger partial charge is 0.444 e. The topological polar surface area (TPSA) is 49.8 Å². The van der Waals surface area contributed by atoms with E-state index in [9.17, 15) is 9.18 Å². The third-order valence-corrected chi connectivity index (χ3v) is 2.40. The number of aliphatic hydroxyl groups is 1. The Balaban J connectivity index is 2.55. The van der Waals surface area contributed by atoms with Crippen molar-refractivity contribution in [3.63, 3.8) is 0 Å². The molecule has 94 valence electrons. The molecule has 0 aromatic carbocycles. The normalized spacial score (nSPS) is 26.7. The van der Waals surface area contributed by atoms with Gasteiger partial charge in [-0.05, 0) is 27.2 Å². The molecule has 1 N–H and O–H groups in total. The van der Waals surface area contributed by atoms with Gasteiger partial charge in [-0.3, -0.25) is 0 Å². The van der Waals surface area contributed by atoms with Gasteiger partial charge in [-0.1, -0.05) is 0 Å². The predicted molar refractivity (Wildman–Crippen MR) is 57.9 cm³/mol. The van der Waals surface area contributed by atoms with E-state index in [1.165, 1.54) is 4.90 Å². The summed E-state index contributed by atoms with van der Waals surface area (Å²) in [6.07, 6.45) is -1.26. The van der Waals surface area contributed by atoms with Gasteiger partial charge in [0, 0.05) is 19.1 Å². The maximum Gasteiger partial charge on any atom is 0.410 e. The summed E-state index contributed by atoms with van der Waals surface area (Å²) in [4.78, 5) is 13.0. The molecule has 1 heterocycles. The van der Waals surface area contributed by atoms with Crippen molar-refractivity contribution in [3.8, 4) is 0 Å². The van der Waals surface area contributed by atoms with E-state index in [0.29, 0.717) is 13.0 Å². The fourth-order valence-corrected chi connectivity index (χ4v) is 1.74. The number of alkyl halides is 1. The van der Waals surface area contributed by atoms with Crippen molar-refractivity contribution in [1.29, 1.82) is 0 Å². The Bertz CT molecular complexity index is 252. The van der Waals surface area contributed by atoms with Crippen LogP contribution >= 0.6 is 0 Å². The lowest BCUT2D eigenvalue weighted by Gasteiger charge is -2.35. The third-order valence-electron chi connectivity index (χ3n) is 2.40. The fraction of sp³-hybridized carbons (Fsp3) is 0.909. The molecule has 0 spiro atoms. The van der Waals surface area contributed by atoms with Gasteiger partial charge in [-0.2, -0.15) is 0 Å². The quantitative estimate of drug-likeness (QED) is 0.748. The van der Waals surface area contributed by atoms with Crippen molar-refractivity contribution in [2.24, 2.45) is 5.92 Å². The Hall–Kier alpha value is -0.840. The standard InChI is InChI=1S/C11H20FNO3/c1-11(2,3)16-10(15)13-5-8(7-14)4-9(12)6-13/h8-9,14H,4-7H2,1-3H3/t8-,9-/m1/s1. The van der Waals surface area contributed by atoms with Gasteiger partial charge in [0.2, 0.25) is 0 Å². The minimum Gasteiger partial charge on any atom is -0.444 e. The molecule has 0 bridgehead atoms. The number of ether oxygens (including phenoxy) is 1. The van der Waals surface area contributed by atoms with Crippen LogP contribution in [0.1, 0.15) is 27.2 Å². The molecule has 1 saturated heterocycles. The molecular weight excluding hydrogens is 213 g/mol. The van der Waals surface area contributed by atoms with Crippen LogP contribution in [0, 0.1) is 5.92 Å². The average molecular weight is 233 g/mol. The molecule has 0 aliphatic carbocycles. The Morgan fingerprint density at radius 3 is 2.62 bits per heavy atom. The molecule has 16 heavy (non-hydrogen) atoms. The Morgan fingerprint density at radius 1 is 1.50 bits per heavy atom. The molecule has 0 aromatic heterocycles. The first-order valence-electron chi connectivity index (χ1n) is 5.54. The van der Waals surface area contributed by atoms with Crippen molar-refractivity contribution in [2.45, 2.75) is 39.0 Å². The van der Waals surface area contributed by atoms with Gasteiger partial charge < -0.3 is 14.7 Å². The van der Waals surface area contributed by atoms with Gasteiger partial charge in [0.1, 0.15) is 11.8 Å². The first kappa shape index (κ1) is 13.2. The van der Waals surface area contributed by atoms with Crippen molar-refractivity contribution < 1.29 is 19.0 Å². The minimum atomic E-state index is -1.07. The van der Waals surface area contributed by atoms with E-state index in [1.54, 1.807) is 20.8 Å². The number of rotatable bonds is 1. The van der Waals surface area contributed by atoms with E-state index in [2.05, 4.69) is 0 Å². The van der Waals surface area contributed by atoms with Crippen LogP contribution in [0.4, 0.5) is 9.18 Å². The first-order valence-corrected chi connectivity index (χ1v) is 5.54. The highest BCUT2D eigenvalue weighted by molar-refractivity contribution is 5.68. The second-order valence-corrected chi connectivity index (χ2v) is 5.27. The number of nitrogens with zero attached hydrogens (tertiary/aromatic N) is 1. The molecule has 4 nitrogen and oxygen atoms in total. The van der Waals surface area contributed by atoms with E-state index < -0.39 is 17.9 Å². The summed E-state index contributed by atoms with van der Waals surface area (Å²) in [6, 6.07) is 0. The predicted octanol–water partition coefficient (Wildman–Crippen LogP) is 1.57. The van der Waals surface area contributed by atoms with Crippen LogP contribution in [0.15, 0.2) is 0 Å². The molecule has 5 heteroatoms. The Kier molecular flexibility index (Phi) is 4.13. The summed E-state index contributed by atoms with van der Waals surface area (Å²) < 4.78 is 18.5. The Labute approximate surface area is 95.4 Å². The zero-order valence-corrected chi connectivity index (χ0v) is 10.1. The molecule has 1 aliphatic heterocycles. The number of likely N-dealkylation sites (tertiary alicyclic amines) is 1. The summed E-state index contributed by atoms with van der Waals surface area (Å²) in [5, 5.41) is 9.00. The van der Waals surface area contributed by atoms with Crippen LogP contribution in [0.5, 0.6) is 0 Å². The SMILES string of the molecule is CC(C)(C)OC(=O)N1C[C@H](F)C[C@@H](CO)C1. The number of amides is 1. The molecule has 0 unspecified atom stereocenters. The number of carbonyl (C=O) groups excluding carboxylic acids is 1. The van der Waals surface area contributed by atoms with Crippen molar-refractivity contribution >= 4 is 6.09 Å². The summed E-state index contributed by atoms with van der Waals surface area (Å²) in [5.74, 6) is -0.184. The minimum absolute atomic E-state index is 0.0609. The lowest BCUT2D eigenvalue weighted by molar-refractivity contribution is 0.000745. The van der Waals surface area contributed by atoms with Gasteiger partial charge in [0.15, 0.2) is 0 Å². The number of piperidine rings is 1. The van der Waals surface area contributed by atoms with Gasteiger partial charge in [0.25, 0.3) is 0 Å². The van der Waals surface area contributed by atoms with E-state index in [4.69, 9.17) is 9.84 Å². The average Bonchev–Trinajstić information content (AvgIpc) is 2.14. The van der Waals surface area contributed by atoms with Gasteiger partial charge >= 0.3 is 6.09 Å². The molecule has 1 aliphatic rings. The second-order valence-electron chi connectivity index (χ2n) is 5.27. The molecule has 2 atom stereocenters. The number of carbonyl (C=O) groups is 1. The number of hydrogen-bond donors (Lipinski definition) is 1. The van der Waals surface area contributed by atoms with E-state index in [-0.39, 0.29) is 19.1 Å². The van der Waals surface area contributed by atoms with Crippen LogP contribution in [-0.4, -0.2) is 47.6 Å². The zero-order chi connectivity index (χ0) is 12.3. The van der Waals surface area contributed by atoms with Crippen LogP contribution in [0.3, 0.4) is 0 Å². The second kappa shape index (κ2) is 4.99. The van der Waals surface area contributed by atoms with E-state index in [1.807, 2.05) is 0 Å². The highest BCUT2D eigenvalue weighted by Gasteiger charge is 2.32. The van der Waals surface area contributed by atoms with Crippen molar-refractivity contribution in [3.05, 3.63) is 0 Å². The monoisotopic (exact) mass is 233 g/mol. The van der Waals surface area contributed by atoms with Gasteiger partial charge in [-0.25, -0.2) is 9.18 Å². The number of halogens is 1. The lowest BCUT2D eigenvalue weighted by Crippen LogP contribution is -2.47. The molecule has 0 radical (unpaired) electrons. The summed E-state index contributed by atoms with van der Waals surface area (Å²) in [6.45, 7) is 5.64. The summed E-state index contributed by atoms with van der Waals surface area (Å²) in [7, 11) is 0. The highest BCUT2D eigenvalue weighted by Crippen LogP contribution is 2.21. The molecule has 1 amide bonds. The smallest absolute Gasteiger partial charge is 0.410 e. The maximum absolute atomic E-state index is 13.3. The van der Waals surface area contributed by atoms with E-state index in [0.717, 1.165) is 0 Å². The van der Waals surface area contributed by atoms with Crippen molar-refractivity contribution in [2.75, 3.05) is 19.7 Å². The van der Waals surface area contributed by atoms with E-state index >= 15 is 0 Å². The van der Waals surface area contributed by atoms with Gasteiger partial charge in [0.05, 0.1) is 6.54 Å². The van der Waals surface area contributed by atoms with Crippen molar-refractivity contribution in [1.82, 2.24) is 4.90 Å². The Morgan fingerprint density at radius 2 is 2.12 bits per heavy atom. The van der Waals surface area contributed by atoms with Crippen LogP contribution in [0.25, 0.3) is 0 Å². The molecule has 1 fully saturated rings. The lowest BCUT2D eigenvalue weighted by atomic mass is 9.98. The zero-order valence-electron chi connectivity index (χ0n) is 10.1. The van der Waals surface area contributed by atoms with Gasteiger partial charge in [-0.15, -0.1) is 0 Å². The summed E-state index contributed by atoms with van der Waals surface area (Å²) >= 11 is 0. The molecular formula is C11H20FNO3. The molecule has 1 rings (SSSR count). The number of aliphatic hydroxyl groups excluding tert-OH is 1. The highest BCUT2D eigenvalue weighted by atomic mass is 19.1. The van der Waals surface area contributed by atoms with Crippen LogP contribution in [0.2, 0.25) is 0 Å². The fourth-order valence-electron chi connectivity index (χ4n) is 1.74. The molecule has 0 aromatic rings. The summed E-state index contributed by atoms with van der Waals surface area (Å²) in [5.41, 5.74) is -0.574. The van der Waals surface area contributed by atoms with Crippen LogP contribution < -0.4 is 0 Å². The number of hydrogen-bond acceptors (Lipinski definition) is 3. The maximum atomic E-state index is 13.3. The first-order chi connectivity index (χ1) is 7.31. The third kappa shape index (κ3) is 3.96. The van der Waals surface area contributed by atoms with Crippen LogP contribution in [-0.2, 0) is 4.74 Å².